The smallest absolute Gasteiger partial charge is 0.307 e. The maximum absolute atomic E-state index is 11.6. The van der Waals surface area contributed by atoms with Gasteiger partial charge in [-0.3, -0.25) is 4.79 Å². The van der Waals surface area contributed by atoms with Crippen molar-refractivity contribution in [2.75, 3.05) is 0 Å². The Morgan fingerprint density at radius 3 is 2.74 bits per heavy atom. The zero-order valence-electron chi connectivity index (χ0n) is 11.6. The summed E-state index contributed by atoms with van der Waals surface area (Å²) in [6.07, 6.45) is 0.725. The van der Waals surface area contributed by atoms with Crippen LogP contribution in [0.25, 0.3) is 0 Å². The van der Waals surface area contributed by atoms with Crippen LogP contribution < -0.4 is 5.73 Å². The molecular weight excluding hydrogens is 240 g/mol. The van der Waals surface area contributed by atoms with Crippen LogP contribution in [0.4, 0.5) is 0 Å². The molecule has 19 heavy (non-hydrogen) atoms. The standard InChI is InChI=1S/C15H20N2O2/c1-15(2,3)19-14(18)9-13(17)8-11-5-4-6-12(7-11)10-16/h4-7,13H,8-9,17H2,1-3H3/t13-/m0/s1. The Morgan fingerprint density at radius 2 is 2.16 bits per heavy atom. The molecule has 4 heteroatoms. The average Bonchev–Trinajstić information content (AvgIpc) is 2.26. The predicted octanol–water partition coefficient (Wildman–Crippen LogP) is 2.16. The van der Waals surface area contributed by atoms with E-state index in [0.29, 0.717) is 12.0 Å². The van der Waals surface area contributed by atoms with Gasteiger partial charge in [-0.15, -0.1) is 0 Å². The van der Waals surface area contributed by atoms with Crippen LogP contribution >= 0.6 is 0 Å². The Balaban J connectivity index is 2.53. The van der Waals surface area contributed by atoms with Gasteiger partial charge in [0.2, 0.25) is 0 Å². The molecule has 0 aromatic heterocycles. The first-order chi connectivity index (χ1) is 8.80. The number of carbonyl (C=O) groups excluding carboxylic acids is 1. The molecule has 0 heterocycles. The quantitative estimate of drug-likeness (QED) is 0.842. The van der Waals surface area contributed by atoms with Crippen LogP contribution in [0.5, 0.6) is 0 Å². The number of rotatable bonds is 4. The van der Waals surface area contributed by atoms with Gasteiger partial charge < -0.3 is 10.5 Å². The van der Waals surface area contributed by atoms with E-state index in [4.69, 9.17) is 15.7 Å². The molecule has 0 radical (unpaired) electrons. The van der Waals surface area contributed by atoms with Crippen LogP contribution in [0, 0.1) is 11.3 Å². The third-order valence-corrected chi connectivity index (χ3v) is 2.40. The molecule has 0 saturated carbocycles. The van der Waals surface area contributed by atoms with Crippen molar-refractivity contribution >= 4 is 5.97 Å². The topological polar surface area (TPSA) is 76.1 Å². The second-order valence-electron chi connectivity index (χ2n) is 5.57. The van der Waals surface area contributed by atoms with E-state index in [1.165, 1.54) is 0 Å². The van der Waals surface area contributed by atoms with E-state index < -0.39 is 5.60 Å². The number of ether oxygens (including phenoxy) is 1. The van der Waals surface area contributed by atoms with Crippen LogP contribution in [0.15, 0.2) is 24.3 Å². The van der Waals surface area contributed by atoms with Crippen molar-refractivity contribution < 1.29 is 9.53 Å². The molecule has 0 bridgehead atoms. The third kappa shape index (κ3) is 6.03. The molecule has 0 fully saturated rings. The largest absolute Gasteiger partial charge is 0.460 e. The van der Waals surface area contributed by atoms with E-state index in [9.17, 15) is 4.79 Å². The fraction of sp³-hybridized carbons (Fsp3) is 0.467. The molecular formula is C15H20N2O2. The minimum Gasteiger partial charge on any atom is -0.460 e. The zero-order chi connectivity index (χ0) is 14.5. The minimum absolute atomic E-state index is 0.175. The van der Waals surface area contributed by atoms with Crippen LogP contribution in [0.3, 0.4) is 0 Å². The van der Waals surface area contributed by atoms with Crippen LogP contribution in [0.2, 0.25) is 0 Å². The highest BCUT2D eigenvalue weighted by molar-refractivity contribution is 5.70. The van der Waals surface area contributed by atoms with Crippen molar-refractivity contribution in [1.82, 2.24) is 0 Å². The Labute approximate surface area is 114 Å². The molecule has 0 aliphatic heterocycles. The average molecular weight is 260 g/mol. The number of esters is 1. The molecule has 1 rings (SSSR count). The van der Waals surface area contributed by atoms with Crippen molar-refractivity contribution in [3.63, 3.8) is 0 Å². The summed E-state index contributed by atoms with van der Waals surface area (Å²) in [5, 5.41) is 8.81. The monoisotopic (exact) mass is 260 g/mol. The fourth-order valence-electron chi connectivity index (χ4n) is 1.74. The summed E-state index contributed by atoms with van der Waals surface area (Å²) >= 11 is 0. The van der Waals surface area contributed by atoms with Gasteiger partial charge in [0.25, 0.3) is 0 Å². The molecule has 1 aromatic rings. The molecule has 0 unspecified atom stereocenters. The Morgan fingerprint density at radius 1 is 1.47 bits per heavy atom. The second-order valence-corrected chi connectivity index (χ2v) is 5.57. The summed E-state index contributed by atoms with van der Waals surface area (Å²) in [7, 11) is 0. The lowest BCUT2D eigenvalue weighted by molar-refractivity contribution is -0.155. The van der Waals surface area contributed by atoms with Crippen LogP contribution in [-0.2, 0) is 16.0 Å². The Hall–Kier alpha value is -1.86. The predicted molar refractivity (Wildman–Crippen MR) is 73.3 cm³/mol. The normalized spacial score (nSPS) is 12.6. The molecule has 0 aliphatic carbocycles. The van der Waals surface area contributed by atoms with Crippen LogP contribution in [0.1, 0.15) is 38.3 Å². The SMILES string of the molecule is CC(C)(C)OC(=O)C[C@@H](N)Cc1cccc(C#N)c1. The highest BCUT2D eigenvalue weighted by atomic mass is 16.6. The Bertz CT molecular complexity index is 484. The number of carbonyl (C=O) groups is 1. The van der Waals surface area contributed by atoms with E-state index in [0.717, 1.165) is 5.56 Å². The summed E-state index contributed by atoms with van der Waals surface area (Å²) in [6.45, 7) is 5.48. The highest BCUT2D eigenvalue weighted by Gasteiger charge is 2.18. The lowest BCUT2D eigenvalue weighted by Gasteiger charge is -2.21. The van der Waals surface area contributed by atoms with Crippen molar-refractivity contribution in [3.05, 3.63) is 35.4 Å². The first kappa shape index (κ1) is 15.2. The van der Waals surface area contributed by atoms with Gasteiger partial charge in [-0.05, 0) is 44.9 Å². The van der Waals surface area contributed by atoms with Crippen molar-refractivity contribution in [1.29, 1.82) is 5.26 Å². The van der Waals surface area contributed by atoms with Crippen molar-refractivity contribution in [3.8, 4) is 6.07 Å². The zero-order valence-corrected chi connectivity index (χ0v) is 11.6. The van der Waals surface area contributed by atoms with Gasteiger partial charge in [-0.25, -0.2) is 0 Å². The number of hydrogen-bond donors (Lipinski definition) is 1. The number of nitrogens with zero attached hydrogens (tertiary/aromatic N) is 1. The van der Waals surface area contributed by atoms with Gasteiger partial charge in [0.15, 0.2) is 0 Å². The molecule has 0 spiro atoms. The first-order valence-corrected chi connectivity index (χ1v) is 6.26. The summed E-state index contributed by atoms with van der Waals surface area (Å²) in [5.74, 6) is -0.295. The van der Waals surface area contributed by atoms with E-state index in [2.05, 4.69) is 6.07 Å². The van der Waals surface area contributed by atoms with Gasteiger partial charge in [-0.1, -0.05) is 12.1 Å². The molecule has 1 aromatic carbocycles. The number of hydrogen-bond acceptors (Lipinski definition) is 4. The molecule has 4 nitrogen and oxygen atoms in total. The molecule has 2 N–H and O–H groups in total. The minimum atomic E-state index is -0.489. The summed E-state index contributed by atoms with van der Waals surface area (Å²) < 4.78 is 5.22. The van der Waals surface area contributed by atoms with E-state index in [-0.39, 0.29) is 18.4 Å². The lowest BCUT2D eigenvalue weighted by atomic mass is 10.0. The van der Waals surface area contributed by atoms with Gasteiger partial charge >= 0.3 is 5.97 Å². The van der Waals surface area contributed by atoms with E-state index in [1.807, 2.05) is 32.9 Å². The van der Waals surface area contributed by atoms with Gasteiger partial charge in [-0.2, -0.15) is 5.26 Å². The van der Waals surface area contributed by atoms with Gasteiger partial charge in [0, 0.05) is 6.04 Å². The number of benzene rings is 1. The Kier molecular flexibility index (Phi) is 5.08. The maximum Gasteiger partial charge on any atom is 0.307 e. The molecule has 0 aliphatic rings. The lowest BCUT2D eigenvalue weighted by Crippen LogP contribution is -2.31. The number of nitriles is 1. The molecule has 1 atom stereocenters. The fourth-order valence-corrected chi connectivity index (χ4v) is 1.74. The number of nitrogens with two attached hydrogens (primary N) is 1. The van der Waals surface area contributed by atoms with Crippen molar-refractivity contribution in [2.24, 2.45) is 5.73 Å². The highest BCUT2D eigenvalue weighted by Crippen LogP contribution is 2.11. The summed E-state index contributed by atoms with van der Waals surface area (Å²) in [5.41, 5.74) is 7.00. The second kappa shape index (κ2) is 6.35. The molecule has 0 amide bonds. The molecule has 102 valence electrons. The van der Waals surface area contributed by atoms with Crippen molar-refractivity contribution in [2.45, 2.75) is 45.3 Å². The summed E-state index contributed by atoms with van der Waals surface area (Å²) in [6, 6.07) is 9.02. The van der Waals surface area contributed by atoms with Crippen LogP contribution in [-0.4, -0.2) is 17.6 Å². The summed E-state index contributed by atoms with van der Waals surface area (Å²) in [4.78, 5) is 11.6. The van der Waals surface area contributed by atoms with E-state index in [1.54, 1.807) is 12.1 Å². The third-order valence-electron chi connectivity index (χ3n) is 2.40. The maximum atomic E-state index is 11.6. The van der Waals surface area contributed by atoms with Gasteiger partial charge in [0.1, 0.15) is 5.60 Å². The van der Waals surface area contributed by atoms with Gasteiger partial charge in [0.05, 0.1) is 18.1 Å². The molecule has 0 saturated heterocycles. The first-order valence-electron chi connectivity index (χ1n) is 6.26. The van der Waals surface area contributed by atoms with E-state index >= 15 is 0 Å².